The van der Waals surface area contributed by atoms with Crippen molar-refractivity contribution >= 4 is 11.6 Å². The number of hydrogen-bond donors (Lipinski definition) is 1. The summed E-state index contributed by atoms with van der Waals surface area (Å²) >= 11 is 0. The van der Waals surface area contributed by atoms with Crippen LogP contribution in [0.5, 0.6) is 0 Å². The van der Waals surface area contributed by atoms with Gasteiger partial charge in [-0.1, -0.05) is 30.3 Å². The smallest absolute Gasteiger partial charge is 0.232 e. The molecule has 1 saturated heterocycles. The largest absolute Gasteiger partial charge is 0.388 e. The molecule has 0 spiro atoms. The fraction of sp³-hybridized carbons (Fsp3) is 0.316. The summed E-state index contributed by atoms with van der Waals surface area (Å²) in [6.07, 6.45) is 0.457. The number of aliphatic hydroxyl groups is 1. The zero-order valence-corrected chi connectivity index (χ0v) is 13.0. The van der Waals surface area contributed by atoms with E-state index in [4.69, 9.17) is 0 Å². The highest BCUT2D eigenvalue weighted by molar-refractivity contribution is 6.02. The molecule has 1 fully saturated rings. The van der Waals surface area contributed by atoms with E-state index in [0.29, 0.717) is 18.4 Å². The van der Waals surface area contributed by atoms with Gasteiger partial charge in [-0.3, -0.25) is 4.79 Å². The minimum absolute atomic E-state index is 0.0645. The van der Waals surface area contributed by atoms with Gasteiger partial charge in [0.1, 0.15) is 5.82 Å². The van der Waals surface area contributed by atoms with Crippen LogP contribution in [-0.2, 0) is 4.79 Å². The number of carbonyl (C=O) groups is 1. The first-order valence-corrected chi connectivity index (χ1v) is 7.89. The first-order chi connectivity index (χ1) is 11.1. The maximum atomic E-state index is 12.9. The lowest BCUT2D eigenvalue weighted by Gasteiger charge is -2.45. The summed E-state index contributed by atoms with van der Waals surface area (Å²) in [6.45, 7) is 2.03. The van der Waals surface area contributed by atoms with E-state index in [0.717, 1.165) is 5.69 Å². The molecule has 1 aliphatic rings. The Morgan fingerprint density at radius 1 is 1.13 bits per heavy atom. The van der Waals surface area contributed by atoms with Crippen LogP contribution in [0.3, 0.4) is 0 Å². The number of nitrogens with zero attached hydrogens (tertiary/aromatic N) is 1. The minimum Gasteiger partial charge on any atom is -0.388 e. The predicted octanol–water partition coefficient (Wildman–Crippen LogP) is 3.69. The molecule has 3 atom stereocenters. The number of anilines is 1. The van der Waals surface area contributed by atoms with Crippen LogP contribution in [-0.4, -0.2) is 17.1 Å². The number of amides is 1. The molecule has 0 aliphatic carbocycles. The van der Waals surface area contributed by atoms with Gasteiger partial charge >= 0.3 is 0 Å². The Bertz CT molecular complexity index is 672. The normalized spacial score (nSPS) is 21.9. The van der Waals surface area contributed by atoms with Gasteiger partial charge in [0.05, 0.1) is 12.0 Å². The Balaban J connectivity index is 1.57. The summed E-state index contributed by atoms with van der Waals surface area (Å²) in [5.74, 6) is -0.275. The molecule has 23 heavy (non-hydrogen) atoms. The third-order valence-electron chi connectivity index (χ3n) is 4.58. The number of para-hydroxylation sites is 1. The van der Waals surface area contributed by atoms with Crippen LogP contribution < -0.4 is 4.90 Å². The lowest BCUT2D eigenvalue weighted by Crippen LogP contribution is -2.59. The Morgan fingerprint density at radius 2 is 1.78 bits per heavy atom. The van der Waals surface area contributed by atoms with Gasteiger partial charge < -0.3 is 10.0 Å². The minimum atomic E-state index is -0.665. The first-order valence-electron chi connectivity index (χ1n) is 7.89. The Labute approximate surface area is 135 Å². The van der Waals surface area contributed by atoms with Gasteiger partial charge in [-0.05, 0) is 49.6 Å². The lowest BCUT2D eigenvalue weighted by atomic mass is 9.83. The Kier molecular flexibility index (Phi) is 4.44. The molecule has 3 nitrogen and oxygen atoms in total. The molecular formula is C19H20FNO2. The monoisotopic (exact) mass is 313 g/mol. The summed E-state index contributed by atoms with van der Waals surface area (Å²) in [5.41, 5.74) is 1.60. The molecule has 2 aromatic rings. The first kappa shape index (κ1) is 15.7. The molecule has 0 radical (unpaired) electrons. The van der Waals surface area contributed by atoms with Crippen molar-refractivity contribution in [2.24, 2.45) is 5.92 Å². The second-order valence-corrected chi connectivity index (χ2v) is 6.04. The molecule has 1 aliphatic heterocycles. The van der Waals surface area contributed by atoms with E-state index in [-0.39, 0.29) is 23.7 Å². The summed E-state index contributed by atoms with van der Waals surface area (Å²) in [6, 6.07) is 15.6. The van der Waals surface area contributed by atoms with Crippen LogP contribution in [0.25, 0.3) is 0 Å². The standard InChI is InChI=1S/C19H20FNO2/c1-13-17(19(23)21(13)16-5-3-2-4-6-16)11-12-18(22)14-7-9-15(20)10-8-14/h2-10,13,17-18,22H,11-12H2,1H3. The van der Waals surface area contributed by atoms with Crippen molar-refractivity contribution in [1.82, 2.24) is 0 Å². The highest BCUT2D eigenvalue weighted by Crippen LogP contribution is 2.36. The van der Waals surface area contributed by atoms with E-state index in [1.54, 1.807) is 17.0 Å². The number of aliphatic hydroxyl groups excluding tert-OH is 1. The summed E-state index contributed by atoms with van der Waals surface area (Å²) < 4.78 is 12.9. The van der Waals surface area contributed by atoms with E-state index < -0.39 is 6.10 Å². The SMILES string of the molecule is CC1C(CCC(O)c2ccc(F)cc2)C(=O)N1c1ccccc1. The summed E-state index contributed by atoms with van der Waals surface area (Å²) in [5, 5.41) is 10.2. The van der Waals surface area contributed by atoms with Crippen molar-refractivity contribution in [3.8, 4) is 0 Å². The van der Waals surface area contributed by atoms with Crippen LogP contribution in [0.4, 0.5) is 10.1 Å². The van der Waals surface area contributed by atoms with Crippen LogP contribution in [0.1, 0.15) is 31.4 Å². The zero-order valence-electron chi connectivity index (χ0n) is 13.0. The molecule has 120 valence electrons. The lowest BCUT2D eigenvalue weighted by molar-refractivity contribution is -0.130. The molecule has 1 amide bonds. The maximum Gasteiger partial charge on any atom is 0.232 e. The number of rotatable bonds is 5. The zero-order chi connectivity index (χ0) is 16.4. The van der Waals surface area contributed by atoms with E-state index >= 15 is 0 Å². The van der Waals surface area contributed by atoms with E-state index in [9.17, 15) is 14.3 Å². The average Bonchev–Trinajstić information content (AvgIpc) is 2.56. The molecule has 4 heteroatoms. The molecule has 2 aromatic carbocycles. The molecule has 0 saturated carbocycles. The number of carbonyl (C=O) groups excluding carboxylic acids is 1. The number of β-lactam (4-membered cyclic amide) rings is 1. The van der Waals surface area contributed by atoms with Crippen LogP contribution in [0, 0.1) is 11.7 Å². The number of benzene rings is 2. The third-order valence-corrected chi connectivity index (χ3v) is 4.58. The highest BCUT2D eigenvalue weighted by Gasteiger charge is 2.44. The number of hydrogen-bond acceptors (Lipinski definition) is 2. The van der Waals surface area contributed by atoms with Crippen LogP contribution >= 0.6 is 0 Å². The molecular weight excluding hydrogens is 293 g/mol. The quantitative estimate of drug-likeness (QED) is 0.855. The van der Waals surface area contributed by atoms with Gasteiger partial charge in [0, 0.05) is 11.7 Å². The topological polar surface area (TPSA) is 40.5 Å². The predicted molar refractivity (Wildman–Crippen MR) is 87.5 cm³/mol. The van der Waals surface area contributed by atoms with Gasteiger partial charge in [0.15, 0.2) is 0 Å². The molecule has 1 heterocycles. The van der Waals surface area contributed by atoms with Crippen molar-refractivity contribution in [2.75, 3.05) is 4.90 Å². The summed E-state index contributed by atoms with van der Waals surface area (Å²) in [7, 11) is 0. The van der Waals surface area contributed by atoms with Gasteiger partial charge in [0.25, 0.3) is 0 Å². The summed E-state index contributed by atoms with van der Waals surface area (Å²) in [4.78, 5) is 14.2. The molecule has 0 aromatic heterocycles. The second-order valence-electron chi connectivity index (χ2n) is 6.04. The fourth-order valence-electron chi connectivity index (χ4n) is 3.19. The maximum absolute atomic E-state index is 12.9. The van der Waals surface area contributed by atoms with Crippen molar-refractivity contribution < 1.29 is 14.3 Å². The van der Waals surface area contributed by atoms with Crippen molar-refractivity contribution in [3.05, 3.63) is 66.0 Å². The van der Waals surface area contributed by atoms with Crippen LogP contribution in [0.2, 0.25) is 0 Å². The van der Waals surface area contributed by atoms with Gasteiger partial charge in [-0.2, -0.15) is 0 Å². The highest BCUT2D eigenvalue weighted by atomic mass is 19.1. The molecule has 3 unspecified atom stereocenters. The Morgan fingerprint density at radius 3 is 2.39 bits per heavy atom. The third kappa shape index (κ3) is 3.13. The van der Waals surface area contributed by atoms with E-state index in [1.807, 2.05) is 37.3 Å². The van der Waals surface area contributed by atoms with Crippen molar-refractivity contribution in [1.29, 1.82) is 0 Å². The van der Waals surface area contributed by atoms with Crippen molar-refractivity contribution in [2.45, 2.75) is 31.9 Å². The average molecular weight is 313 g/mol. The molecule has 0 bridgehead atoms. The molecule has 3 rings (SSSR count). The Hall–Kier alpha value is -2.20. The molecule has 1 N–H and O–H groups in total. The van der Waals surface area contributed by atoms with Gasteiger partial charge in [-0.25, -0.2) is 4.39 Å². The van der Waals surface area contributed by atoms with E-state index in [2.05, 4.69) is 0 Å². The van der Waals surface area contributed by atoms with Gasteiger partial charge in [0.2, 0.25) is 5.91 Å². The fourth-order valence-corrected chi connectivity index (χ4v) is 3.19. The van der Waals surface area contributed by atoms with Gasteiger partial charge in [-0.15, -0.1) is 0 Å². The number of halogens is 1. The van der Waals surface area contributed by atoms with E-state index in [1.165, 1.54) is 12.1 Å². The second kappa shape index (κ2) is 6.50. The van der Waals surface area contributed by atoms with Crippen LogP contribution in [0.15, 0.2) is 54.6 Å². The van der Waals surface area contributed by atoms with Crippen molar-refractivity contribution in [3.63, 3.8) is 0 Å².